The first-order valence-electron chi connectivity index (χ1n) is 6.65. The summed E-state index contributed by atoms with van der Waals surface area (Å²) in [5, 5.41) is 3.28. The Kier molecular flexibility index (Phi) is 4.02. The lowest BCUT2D eigenvalue weighted by Crippen LogP contribution is -2.43. The highest BCUT2D eigenvalue weighted by molar-refractivity contribution is 5.94. The van der Waals surface area contributed by atoms with E-state index in [0.717, 1.165) is 42.6 Å². The zero-order valence-electron chi connectivity index (χ0n) is 11.5. The van der Waals surface area contributed by atoms with Crippen LogP contribution in [0.3, 0.4) is 0 Å². The number of aryl methyl sites for hydroxylation is 2. The van der Waals surface area contributed by atoms with Gasteiger partial charge in [-0.25, -0.2) is 0 Å². The van der Waals surface area contributed by atoms with Crippen molar-refractivity contribution in [2.75, 3.05) is 20.1 Å². The molecule has 1 aromatic rings. The lowest BCUT2D eigenvalue weighted by atomic mass is 10.0. The Morgan fingerprint density at radius 2 is 1.72 bits per heavy atom. The van der Waals surface area contributed by atoms with Crippen LogP contribution in [0.5, 0.6) is 0 Å². The van der Waals surface area contributed by atoms with Gasteiger partial charge < -0.3 is 10.2 Å². The second kappa shape index (κ2) is 5.53. The highest BCUT2D eigenvalue weighted by Crippen LogP contribution is 2.16. The predicted molar refractivity (Wildman–Crippen MR) is 73.9 cm³/mol. The summed E-state index contributed by atoms with van der Waals surface area (Å²) >= 11 is 0. The fraction of sp³-hybridized carbons (Fsp3) is 0.533. The number of hydrogen-bond acceptors (Lipinski definition) is 2. The van der Waals surface area contributed by atoms with E-state index in [4.69, 9.17) is 0 Å². The molecule has 3 heteroatoms. The Bertz CT molecular complexity index is 414. The summed E-state index contributed by atoms with van der Waals surface area (Å²) in [7, 11) is 1.99. The number of carbonyl (C=O) groups is 1. The fourth-order valence-electron chi connectivity index (χ4n) is 2.65. The van der Waals surface area contributed by atoms with Crippen molar-refractivity contribution in [3.63, 3.8) is 0 Å². The van der Waals surface area contributed by atoms with E-state index in [1.165, 1.54) is 0 Å². The molecule has 0 unspecified atom stereocenters. The first kappa shape index (κ1) is 13.1. The van der Waals surface area contributed by atoms with Crippen molar-refractivity contribution in [1.29, 1.82) is 0 Å². The molecule has 2 rings (SSSR count). The Morgan fingerprint density at radius 3 is 2.22 bits per heavy atom. The van der Waals surface area contributed by atoms with Gasteiger partial charge >= 0.3 is 0 Å². The van der Waals surface area contributed by atoms with E-state index in [2.05, 4.69) is 11.4 Å². The number of likely N-dealkylation sites (tertiary alicyclic amines) is 1. The molecule has 1 saturated heterocycles. The van der Waals surface area contributed by atoms with E-state index < -0.39 is 0 Å². The van der Waals surface area contributed by atoms with Crippen LogP contribution in [0.1, 0.15) is 34.3 Å². The van der Waals surface area contributed by atoms with Crippen molar-refractivity contribution in [2.45, 2.75) is 32.7 Å². The molecule has 1 aliphatic heterocycles. The number of rotatable bonds is 2. The van der Waals surface area contributed by atoms with E-state index in [1.807, 2.05) is 37.9 Å². The maximum absolute atomic E-state index is 12.4. The van der Waals surface area contributed by atoms with Crippen LogP contribution >= 0.6 is 0 Å². The highest BCUT2D eigenvalue weighted by Gasteiger charge is 2.22. The lowest BCUT2D eigenvalue weighted by molar-refractivity contribution is 0.0707. The molecule has 0 atom stereocenters. The number of amides is 1. The monoisotopic (exact) mass is 246 g/mol. The molecule has 0 bridgehead atoms. The molecule has 1 N–H and O–H groups in total. The summed E-state index contributed by atoms with van der Waals surface area (Å²) in [5.74, 6) is 0.177. The largest absolute Gasteiger partial charge is 0.339 e. The minimum atomic E-state index is 0.177. The number of nitrogens with zero attached hydrogens (tertiary/aromatic N) is 1. The first-order valence-corrected chi connectivity index (χ1v) is 6.65. The van der Waals surface area contributed by atoms with Gasteiger partial charge in [0.25, 0.3) is 5.91 Å². The summed E-state index contributed by atoms with van der Waals surface area (Å²) in [6.45, 7) is 5.79. The molecular weight excluding hydrogens is 224 g/mol. The van der Waals surface area contributed by atoms with Crippen molar-refractivity contribution in [3.8, 4) is 0 Å². The number of piperidine rings is 1. The smallest absolute Gasteiger partial charge is 0.253 e. The summed E-state index contributed by atoms with van der Waals surface area (Å²) in [6.07, 6.45) is 2.10. The van der Waals surface area contributed by atoms with Crippen LogP contribution in [0.4, 0.5) is 0 Å². The molecule has 0 spiro atoms. The summed E-state index contributed by atoms with van der Waals surface area (Å²) in [6, 6.07) is 6.64. The van der Waals surface area contributed by atoms with Gasteiger partial charge in [0.15, 0.2) is 0 Å². The van der Waals surface area contributed by atoms with Gasteiger partial charge in [-0.05, 0) is 45.9 Å². The summed E-state index contributed by atoms with van der Waals surface area (Å²) in [4.78, 5) is 14.4. The van der Waals surface area contributed by atoms with Gasteiger partial charge in [0.2, 0.25) is 0 Å². The van der Waals surface area contributed by atoms with E-state index in [0.29, 0.717) is 6.04 Å². The molecule has 0 saturated carbocycles. The second-order valence-electron chi connectivity index (χ2n) is 5.23. The van der Waals surface area contributed by atoms with E-state index >= 15 is 0 Å². The quantitative estimate of drug-likeness (QED) is 0.867. The average molecular weight is 246 g/mol. The molecular formula is C15H22N2O. The van der Waals surface area contributed by atoms with Crippen LogP contribution in [0.15, 0.2) is 18.2 Å². The third-order valence-corrected chi connectivity index (χ3v) is 3.66. The van der Waals surface area contributed by atoms with E-state index in [1.54, 1.807) is 0 Å². The molecule has 1 aliphatic rings. The van der Waals surface area contributed by atoms with Gasteiger partial charge in [-0.1, -0.05) is 17.2 Å². The number of carbonyl (C=O) groups excluding carboxylic acids is 1. The Labute approximate surface area is 109 Å². The molecule has 0 radical (unpaired) electrons. The van der Waals surface area contributed by atoms with Crippen molar-refractivity contribution in [2.24, 2.45) is 0 Å². The van der Waals surface area contributed by atoms with Crippen molar-refractivity contribution in [3.05, 3.63) is 34.9 Å². The SMILES string of the molecule is CNC1CCN(C(=O)c2cc(C)cc(C)c2)CC1. The van der Waals surface area contributed by atoms with Crippen LogP contribution in [-0.2, 0) is 0 Å². The van der Waals surface area contributed by atoms with Crippen LogP contribution < -0.4 is 5.32 Å². The molecule has 0 aliphatic carbocycles. The Balaban J connectivity index is 2.07. The molecule has 1 fully saturated rings. The average Bonchev–Trinajstić information content (AvgIpc) is 2.37. The molecule has 0 aromatic heterocycles. The third-order valence-electron chi connectivity index (χ3n) is 3.66. The topological polar surface area (TPSA) is 32.3 Å². The standard InChI is InChI=1S/C15H22N2O/c1-11-8-12(2)10-13(9-11)15(18)17-6-4-14(16-3)5-7-17/h8-10,14,16H,4-7H2,1-3H3. The molecule has 1 aromatic carbocycles. The van der Waals surface area contributed by atoms with Gasteiger partial charge in [0, 0.05) is 24.7 Å². The zero-order valence-corrected chi connectivity index (χ0v) is 11.5. The Hall–Kier alpha value is -1.35. The molecule has 98 valence electrons. The van der Waals surface area contributed by atoms with Gasteiger partial charge in [-0.2, -0.15) is 0 Å². The van der Waals surface area contributed by atoms with E-state index in [-0.39, 0.29) is 5.91 Å². The molecule has 3 nitrogen and oxygen atoms in total. The van der Waals surface area contributed by atoms with Gasteiger partial charge in [-0.3, -0.25) is 4.79 Å². The fourth-order valence-corrected chi connectivity index (χ4v) is 2.65. The van der Waals surface area contributed by atoms with Crippen LogP contribution in [-0.4, -0.2) is 37.0 Å². The van der Waals surface area contributed by atoms with Crippen LogP contribution in [0.25, 0.3) is 0 Å². The first-order chi connectivity index (χ1) is 8.60. The van der Waals surface area contributed by atoms with Crippen molar-refractivity contribution < 1.29 is 4.79 Å². The van der Waals surface area contributed by atoms with Gasteiger partial charge in [0.05, 0.1) is 0 Å². The number of hydrogen-bond donors (Lipinski definition) is 1. The van der Waals surface area contributed by atoms with Gasteiger partial charge in [-0.15, -0.1) is 0 Å². The van der Waals surface area contributed by atoms with Crippen LogP contribution in [0, 0.1) is 13.8 Å². The zero-order chi connectivity index (χ0) is 13.1. The maximum Gasteiger partial charge on any atom is 0.253 e. The number of nitrogens with one attached hydrogen (secondary N) is 1. The summed E-state index contributed by atoms with van der Waals surface area (Å²) < 4.78 is 0. The second-order valence-corrected chi connectivity index (χ2v) is 5.23. The molecule has 18 heavy (non-hydrogen) atoms. The van der Waals surface area contributed by atoms with Crippen LogP contribution in [0.2, 0.25) is 0 Å². The minimum absolute atomic E-state index is 0.177. The molecule has 1 heterocycles. The summed E-state index contributed by atoms with van der Waals surface area (Å²) in [5.41, 5.74) is 3.14. The highest BCUT2D eigenvalue weighted by atomic mass is 16.2. The lowest BCUT2D eigenvalue weighted by Gasteiger charge is -2.32. The Morgan fingerprint density at radius 1 is 1.17 bits per heavy atom. The maximum atomic E-state index is 12.4. The third kappa shape index (κ3) is 2.91. The van der Waals surface area contributed by atoms with Gasteiger partial charge in [0.1, 0.15) is 0 Å². The molecule has 1 amide bonds. The number of benzene rings is 1. The predicted octanol–water partition coefficient (Wildman–Crippen LogP) is 2.13. The van der Waals surface area contributed by atoms with E-state index in [9.17, 15) is 4.79 Å². The minimum Gasteiger partial charge on any atom is -0.339 e. The van der Waals surface area contributed by atoms with Crippen molar-refractivity contribution >= 4 is 5.91 Å². The van der Waals surface area contributed by atoms with Crippen molar-refractivity contribution in [1.82, 2.24) is 10.2 Å². The normalized spacial score (nSPS) is 16.9.